The van der Waals surface area contributed by atoms with Crippen molar-refractivity contribution in [3.05, 3.63) is 0 Å². The molecular formula is C9H18N4. The van der Waals surface area contributed by atoms with Gasteiger partial charge in [0, 0.05) is 26.2 Å². The minimum atomic E-state index is 0.739. The van der Waals surface area contributed by atoms with Gasteiger partial charge in [-0.3, -0.25) is 10.8 Å². The van der Waals surface area contributed by atoms with Crippen LogP contribution in [-0.4, -0.2) is 49.0 Å². The quantitative estimate of drug-likeness (QED) is 0.607. The standard InChI is InChI=1S/C9H18N4/c10-13-4-1-2-9(7-13)6-12-5-3-11-8-12/h8-9H,1-7,10H2. The summed E-state index contributed by atoms with van der Waals surface area (Å²) in [5, 5.41) is 1.95. The van der Waals surface area contributed by atoms with Crippen LogP contribution in [0.5, 0.6) is 0 Å². The zero-order valence-corrected chi connectivity index (χ0v) is 8.02. The van der Waals surface area contributed by atoms with Crippen LogP contribution in [0, 0.1) is 5.92 Å². The molecule has 2 N–H and O–H groups in total. The van der Waals surface area contributed by atoms with Crippen molar-refractivity contribution < 1.29 is 0 Å². The maximum atomic E-state index is 5.78. The molecule has 1 saturated heterocycles. The van der Waals surface area contributed by atoms with Crippen LogP contribution in [-0.2, 0) is 0 Å². The van der Waals surface area contributed by atoms with E-state index in [9.17, 15) is 0 Å². The van der Waals surface area contributed by atoms with Gasteiger partial charge in [-0.25, -0.2) is 5.01 Å². The van der Waals surface area contributed by atoms with Crippen LogP contribution < -0.4 is 5.84 Å². The fourth-order valence-electron chi connectivity index (χ4n) is 2.13. The van der Waals surface area contributed by atoms with Gasteiger partial charge in [-0.2, -0.15) is 0 Å². The molecule has 0 spiro atoms. The highest BCUT2D eigenvalue weighted by Crippen LogP contribution is 2.15. The first-order valence-corrected chi connectivity index (χ1v) is 5.08. The van der Waals surface area contributed by atoms with Crippen molar-refractivity contribution in [2.45, 2.75) is 12.8 Å². The van der Waals surface area contributed by atoms with E-state index in [4.69, 9.17) is 5.84 Å². The van der Waals surface area contributed by atoms with Crippen molar-refractivity contribution in [3.63, 3.8) is 0 Å². The number of hydrogen-bond acceptors (Lipinski definition) is 4. The summed E-state index contributed by atoms with van der Waals surface area (Å²) in [6, 6.07) is 0. The van der Waals surface area contributed by atoms with E-state index in [2.05, 4.69) is 9.89 Å². The van der Waals surface area contributed by atoms with Crippen molar-refractivity contribution in [1.82, 2.24) is 9.91 Å². The minimum absolute atomic E-state index is 0.739. The van der Waals surface area contributed by atoms with Crippen LogP contribution in [0.1, 0.15) is 12.8 Å². The summed E-state index contributed by atoms with van der Waals surface area (Å²) in [4.78, 5) is 6.51. The van der Waals surface area contributed by atoms with Crippen LogP contribution in [0.25, 0.3) is 0 Å². The molecule has 1 fully saturated rings. The van der Waals surface area contributed by atoms with Crippen LogP contribution in [0.3, 0.4) is 0 Å². The Kier molecular flexibility index (Phi) is 2.80. The number of hydrazine groups is 1. The molecule has 4 nitrogen and oxygen atoms in total. The second-order valence-electron chi connectivity index (χ2n) is 4.02. The van der Waals surface area contributed by atoms with E-state index in [0.717, 1.165) is 38.6 Å². The molecule has 0 aromatic heterocycles. The Labute approximate surface area is 79.4 Å². The van der Waals surface area contributed by atoms with Crippen molar-refractivity contribution in [3.8, 4) is 0 Å². The highest BCUT2D eigenvalue weighted by atomic mass is 15.4. The summed E-state index contributed by atoms with van der Waals surface area (Å²) in [7, 11) is 0. The van der Waals surface area contributed by atoms with Gasteiger partial charge in [0.05, 0.1) is 12.9 Å². The molecule has 0 aliphatic carbocycles. The Morgan fingerprint density at radius 2 is 2.38 bits per heavy atom. The minimum Gasteiger partial charge on any atom is -0.361 e. The van der Waals surface area contributed by atoms with Crippen molar-refractivity contribution in [2.24, 2.45) is 16.8 Å². The fraction of sp³-hybridized carbons (Fsp3) is 0.889. The average molecular weight is 182 g/mol. The fourth-order valence-corrected chi connectivity index (χ4v) is 2.13. The number of nitrogens with zero attached hydrogens (tertiary/aromatic N) is 3. The first kappa shape index (κ1) is 8.97. The Balaban J connectivity index is 1.76. The molecule has 0 bridgehead atoms. The third kappa shape index (κ3) is 2.42. The van der Waals surface area contributed by atoms with E-state index in [-0.39, 0.29) is 0 Å². The van der Waals surface area contributed by atoms with Gasteiger partial charge in [0.2, 0.25) is 0 Å². The van der Waals surface area contributed by atoms with E-state index in [1.165, 1.54) is 12.8 Å². The van der Waals surface area contributed by atoms with Crippen LogP contribution >= 0.6 is 0 Å². The molecule has 0 aromatic carbocycles. The normalized spacial score (nSPS) is 29.9. The van der Waals surface area contributed by atoms with E-state index in [0.29, 0.717) is 0 Å². The lowest BCUT2D eigenvalue weighted by Crippen LogP contribution is -2.43. The van der Waals surface area contributed by atoms with Crippen molar-refractivity contribution in [2.75, 3.05) is 32.7 Å². The molecule has 2 aliphatic rings. The molecular weight excluding hydrogens is 164 g/mol. The molecule has 0 amide bonds. The van der Waals surface area contributed by atoms with E-state index < -0.39 is 0 Å². The third-order valence-electron chi connectivity index (χ3n) is 2.80. The maximum Gasteiger partial charge on any atom is 0.0851 e. The van der Waals surface area contributed by atoms with Gasteiger partial charge >= 0.3 is 0 Å². The van der Waals surface area contributed by atoms with Gasteiger partial charge in [0.15, 0.2) is 0 Å². The molecule has 0 aromatic rings. The monoisotopic (exact) mass is 182 g/mol. The number of hydrogen-bond donors (Lipinski definition) is 1. The molecule has 0 saturated carbocycles. The molecule has 2 rings (SSSR count). The van der Waals surface area contributed by atoms with Gasteiger partial charge in [0.1, 0.15) is 0 Å². The van der Waals surface area contributed by atoms with Gasteiger partial charge < -0.3 is 4.90 Å². The Morgan fingerprint density at radius 3 is 3.08 bits per heavy atom. The molecule has 1 atom stereocenters. The molecule has 0 radical (unpaired) electrons. The van der Waals surface area contributed by atoms with E-state index in [1.807, 2.05) is 11.3 Å². The molecule has 4 heteroatoms. The number of aliphatic imine (C=N–C) groups is 1. The lowest BCUT2D eigenvalue weighted by molar-refractivity contribution is 0.160. The number of piperidine rings is 1. The second kappa shape index (κ2) is 4.07. The smallest absolute Gasteiger partial charge is 0.0851 e. The summed E-state index contributed by atoms with van der Waals surface area (Å²) in [6.07, 6.45) is 4.54. The third-order valence-corrected chi connectivity index (χ3v) is 2.80. The number of nitrogens with two attached hydrogens (primary N) is 1. The first-order valence-electron chi connectivity index (χ1n) is 5.08. The van der Waals surface area contributed by atoms with E-state index in [1.54, 1.807) is 0 Å². The lowest BCUT2D eigenvalue weighted by Gasteiger charge is -2.31. The maximum absolute atomic E-state index is 5.78. The Morgan fingerprint density at radius 1 is 1.46 bits per heavy atom. The average Bonchev–Trinajstić information content (AvgIpc) is 2.57. The molecule has 74 valence electrons. The molecule has 13 heavy (non-hydrogen) atoms. The first-order chi connectivity index (χ1) is 6.34. The van der Waals surface area contributed by atoms with Crippen LogP contribution in [0.15, 0.2) is 4.99 Å². The highest BCUT2D eigenvalue weighted by molar-refractivity contribution is 5.56. The summed E-state index contributed by atoms with van der Waals surface area (Å²) in [5.74, 6) is 6.52. The SMILES string of the molecule is NN1CCCC(CN2C=NCC2)C1. The summed E-state index contributed by atoms with van der Waals surface area (Å²) in [5.41, 5.74) is 0. The predicted octanol–water partition coefficient (Wildman–Crippen LogP) is -0.0840. The molecule has 2 heterocycles. The van der Waals surface area contributed by atoms with E-state index >= 15 is 0 Å². The second-order valence-corrected chi connectivity index (χ2v) is 4.02. The highest BCUT2D eigenvalue weighted by Gasteiger charge is 2.20. The Bertz CT molecular complexity index is 192. The van der Waals surface area contributed by atoms with Crippen LogP contribution in [0.2, 0.25) is 0 Å². The van der Waals surface area contributed by atoms with Crippen molar-refractivity contribution in [1.29, 1.82) is 0 Å². The summed E-state index contributed by atoms with van der Waals surface area (Å²) < 4.78 is 0. The van der Waals surface area contributed by atoms with Gasteiger partial charge in [0.25, 0.3) is 0 Å². The summed E-state index contributed by atoms with van der Waals surface area (Å²) >= 11 is 0. The molecule has 2 aliphatic heterocycles. The molecule has 1 unspecified atom stereocenters. The zero-order valence-electron chi connectivity index (χ0n) is 8.02. The van der Waals surface area contributed by atoms with Gasteiger partial charge in [-0.05, 0) is 18.8 Å². The number of rotatable bonds is 2. The Hall–Kier alpha value is -0.610. The topological polar surface area (TPSA) is 44.9 Å². The van der Waals surface area contributed by atoms with Crippen molar-refractivity contribution >= 4 is 6.34 Å². The van der Waals surface area contributed by atoms with Gasteiger partial charge in [-0.1, -0.05) is 0 Å². The van der Waals surface area contributed by atoms with Gasteiger partial charge in [-0.15, -0.1) is 0 Å². The zero-order chi connectivity index (χ0) is 9.10. The summed E-state index contributed by atoms with van der Waals surface area (Å²) in [6.45, 7) is 5.31. The largest absolute Gasteiger partial charge is 0.361 e. The predicted molar refractivity (Wildman–Crippen MR) is 53.4 cm³/mol. The van der Waals surface area contributed by atoms with Crippen LogP contribution in [0.4, 0.5) is 0 Å². The lowest BCUT2D eigenvalue weighted by atomic mass is 9.99.